The molecule has 4 nitrogen and oxygen atoms in total. The van der Waals surface area contributed by atoms with Gasteiger partial charge in [0.1, 0.15) is 5.75 Å². The topological polar surface area (TPSA) is 50.4 Å². The third-order valence-electron chi connectivity index (χ3n) is 4.15. The third-order valence-corrected chi connectivity index (χ3v) is 4.15. The van der Waals surface area contributed by atoms with Gasteiger partial charge < -0.3 is 15.4 Å². The van der Waals surface area contributed by atoms with E-state index in [1.54, 1.807) is 6.07 Å². The maximum atomic E-state index is 13.4. The van der Waals surface area contributed by atoms with Gasteiger partial charge in [0.25, 0.3) is 5.91 Å². The van der Waals surface area contributed by atoms with Gasteiger partial charge in [-0.15, -0.1) is 13.2 Å². The van der Waals surface area contributed by atoms with Crippen molar-refractivity contribution in [2.24, 2.45) is 0 Å². The molecule has 0 aliphatic carbocycles. The van der Waals surface area contributed by atoms with Crippen molar-refractivity contribution in [3.05, 3.63) is 64.7 Å². The second-order valence-corrected chi connectivity index (χ2v) is 6.15. The molecule has 3 rings (SSSR count). The summed E-state index contributed by atoms with van der Waals surface area (Å²) in [4.78, 5) is 12.3. The van der Waals surface area contributed by atoms with Crippen LogP contribution in [0.15, 0.2) is 42.5 Å². The molecule has 0 saturated carbocycles. The average molecular weight is 404 g/mol. The molecule has 2 N–H and O–H groups in total. The summed E-state index contributed by atoms with van der Waals surface area (Å²) in [5, 5.41) is 4.96. The Labute approximate surface area is 155 Å². The highest BCUT2D eigenvalue weighted by Crippen LogP contribution is 2.34. The number of alkyl halides is 6. The van der Waals surface area contributed by atoms with Crippen LogP contribution in [0.2, 0.25) is 0 Å². The van der Waals surface area contributed by atoms with E-state index in [0.717, 1.165) is 35.4 Å². The Bertz CT molecular complexity index is 862. The molecule has 150 valence electrons. The minimum absolute atomic E-state index is 0.0636. The van der Waals surface area contributed by atoms with Gasteiger partial charge in [0.05, 0.1) is 0 Å². The summed E-state index contributed by atoms with van der Waals surface area (Å²) in [5.74, 6) is -1.60. The van der Waals surface area contributed by atoms with Gasteiger partial charge in [-0.3, -0.25) is 4.79 Å². The molecule has 0 spiro atoms. The van der Waals surface area contributed by atoms with E-state index in [-0.39, 0.29) is 5.56 Å². The van der Waals surface area contributed by atoms with Gasteiger partial charge in [0.15, 0.2) is 6.04 Å². The van der Waals surface area contributed by atoms with Crippen molar-refractivity contribution in [3.63, 3.8) is 0 Å². The Morgan fingerprint density at radius 2 is 1.61 bits per heavy atom. The summed E-state index contributed by atoms with van der Waals surface area (Å²) in [6, 6.07) is 5.39. The smallest absolute Gasteiger partial charge is 0.406 e. The number of carbonyl (C=O) groups excluding carboxylic acids is 1. The molecule has 0 saturated heterocycles. The highest BCUT2D eigenvalue weighted by Gasteiger charge is 2.42. The minimum Gasteiger partial charge on any atom is -0.406 e. The first-order chi connectivity index (χ1) is 13.0. The molecule has 0 bridgehead atoms. The van der Waals surface area contributed by atoms with E-state index in [0.29, 0.717) is 13.1 Å². The molecule has 1 atom stereocenters. The lowest BCUT2D eigenvalue weighted by Crippen LogP contribution is -2.38. The number of nitrogens with one attached hydrogen (secondary N) is 2. The number of rotatable bonds is 4. The Kier molecular flexibility index (Phi) is 5.24. The van der Waals surface area contributed by atoms with Crippen molar-refractivity contribution in [1.82, 2.24) is 10.6 Å². The van der Waals surface area contributed by atoms with Crippen molar-refractivity contribution in [3.8, 4) is 5.75 Å². The zero-order valence-corrected chi connectivity index (χ0v) is 14.1. The quantitative estimate of drug-likeness (QED) is 0.751. The molecular formula is C18H14F6N2O2. The Balaban J connectivity index is 1.80. The van der Waals surface area contributed by atoms with Crippen LogP contribution in [0.4, 0.5) is 26.3 Å². The van der Waals surface area contributed by atoms with Crippen LogP contribution in [0, 0.1) is 0 Å². The fourth-order valence-corrected chi connectivity index (χ4v) is 2.87. The van der Waals surface area contributed by atoms with Gasteiger partial charge in [-0.05, 0) is 41.0 Å². The van der Waals surface area contributed by atoms with Crippen LogP contribution >= 0.6 is 0 Å². The van der Waals surface area contributed by atoms with Crippen LogP contribution in [-0.2, 0) is 13.1 Å². The summed E-state index contributed by atoms with van der Waals surface area (Å²) in [5.41, 5.74) is 1.43. The Morgan fingerprint density at radius 1 is 0.964 bits per heavy atom. The predicted molar refractivity (Wildman–Crippen MR) is 86.4 cm³/mol. The number of halogens is 6. The zero-order valence-electron chi connectivity index (χ0n) is 14.1. The van der Waals surface area contributed by atoms with Crippen LogP contribution in [0.1, 0.15) is 33.1 Å². The molecule has 0 fully saturated rings. The van der Waals surface area contributed by atoms with Gasteiger partial charge in [-0.2, -0.15) is 13.2 Å². The van der Waals surface area contributed by atoms with E-state index >= 15 is 0 Å². The summed E-state index contributed by atoms with van der Waals surface area (Å²) in [6.45, 7) is 1.13. The minimum atomic E-state index is -4.96. The number of hydrogen-bond acceptors (Lipinski definition) is 3. The molecule has 1 amide bonds. The van der Waals surface area contributed by atoms with Crippen LogP contribution in [-0.4, -0.2) is 18.4 Å². The molecular weight excluding hydrogens is 390 g/mol. The summed E-state index contributed by atoms with van der Waals surface area (Å²) in [6.07, 6.45) is -9.80. The molecule has 0 radical (unpaired) electrons. The maximum absolute atomic E-state index is 13.4. The normalized spacial score (nSPS) is 15.1. The summed E-state index contributed by atoms with van der Waals surface area (Å²) >= 11 is 0. The lowest BCUT2D eigenvalue weighted by Gasteiger charge is -2.22. The summed E-state index contributed by atoms with van der Waals surface area (Å²) in [7, 11) is 0. The molecule has 1 aliphatic rings. The van der Waals surface area contributed by atoms with Crippen LogP contribution in [0.5, 0.6) is 5.75 Å². The summed E-state index contributed by atoms with van der Waals surface area (Å²) < 4.78 is 80.5. The van der Waals surface area contributed by atoms with Gasteiger partial charge >= 0.3 is 12.5 Å². The SMILES string of the molecule is O=C(N[C@H](c1ccc(OC(F)(F)F)cc1)C(F)(F)F)c1ccc2c(c1)CNC2. The monoisotopic (exact) mass is 404 g/mol. The Morgan fingerprint density at radius 3 is 2.21 bits per heavy atom. The molecule has 2 aromatic carbocycles. The van der Waals surface area contributed by atoms with Crippen LogP contribution < -0.4 is 15.4 Å². The number of amides is 1. The van der Waals surface area contributed by atoms with Crippen LogP contribution in [0.3, 0.4) is 0 Å². The standard InChI is InChI=1S/C18H14F6N2O2/c19-17(20,21)15(10-3-5-14(6-4-10)28-18(22,23)24)26-16(27)11-1-2-12-8-25-9-13(12)7-11/h1-7,15,25H,8-9H2,(H,26,27)/t15-/m1/s1. The maximum Gasteiger partial charge on any atom is 0.573 e. The van der Waals surface area contributed by atoms with Gasteiger partial charge in [-0.1, -0.05) is 18.2 Å². The van der Waals surface area contributed by atoms with Gasteiger partial charge in [0.2, 0.25) is 0 Å². The fourth-order valence-electron chi connectivity index (χ4n) is 2.87. The fraction of sp³-hybridized carbons (Fsp3) is 0.278. The second-order valence-electron chi connectivity index (χ2n) is 6.15. The van der Waals surface area contributed by atoms with Crippen molar-refractivity contribution < 1.29 is 35.9 Å². The number of carbonyl (C=O) groups is 1. The second kappa shape index (κ2) is 7.34. The van der Waals surface area contributed by atoms with Crippen molar-refractivity contribution >= 4 is 5.91 Å². The number of hydrogen-bond donors (Lipinski definition) is 2. The largest absolute Gasteiger partial charge is 0.573 e. The van der Waals surface area contributed by atoms with Crippen LogP contribution in [0.25, 0.3) is 0 Å². The molecule has 10 heteroatoms. The van der Waals surface area contributed by atoms with E-state index in [4.69, 9.17) is 0 Å². The van der Waals surface area contributed by atoms with Gasteiger partial charge in [0, 0.05) is 18.7 Å². The van der Waals surface area contributed by atoms with E-state index in [9.17, 15) is 31.1 Å². The zero-order chi connectivity index (χ0) is 20.5. The molecule has 0 unspecified atom stereocenters. The molecule has 28 heavy (non-hydrogen) atoms. The average Bonchev–Trinajstić information content (AvgIpc) is 3.05. The highest BCUT2D eigenvalue weighted by atomic mass is 19.4. The molecule has 1 aliphatic heterocycles. The highest BCUT2D eigenvalue weighted by molar-refractivity contribution is 5.94. The number of benzene rings is 2. The lowest BCUT2D eigenvalue weighted by molar-refractivity contribution is -0.274. The van der Waals surface area contributed by atoms with Crippen molar-refractivity contribution in [2.75, 3.05) is 0 Å². The van der Waals surface area contributed by atoms with Crippen molar-refractivity contribution in [1.29, 1.82) is 0 Å². The van der Waals surface area contributed by atoms with Crippen molar-refractivity contribution in [2.45, 2.75) is 31.7 Å². The first-order valence-corrected chi connectivity index (χ1v) is 8.09. The lowest BCUT2D eigenvalue weighted by atomic mass is 10.0. The first kappa shape index (κ1) is 20.0. The van der Waals surface area contributed by atoms with E-state index in [2.05, 4.69) is 10.1 Å². The van der Waals surface area contributed by atoms with E-state index in [1.165, 1.54) is 12.1 Å². The van der Waals surface area contributed by atoms with Gasteiger partial charge in [-0.25, -0.2) is 0 Å². The predicted octanol–water partition coefficient (Wildman–Crippen LogP) is 4.22. The van der Waals surface area contributed by atoms with E-state index in [1.807, 2.05) is 5.32 Å². The number of fused-ring (bicyclic) bond motifs is 1. The molecule has 0 aromatic heterocycles. The molecule has 2 aromatic rings. The third kappa shape index (κ3) is 4.75. The molecule has 1 heterocycles. The first-order valence-electron chi connectivity index (χ1n) is 8.09. The number of ether oxygens (including phenoxy) is 1. The Hall–Kier alpha value is -2.75. The van der Waals surface area contributed by atoms with E-state index < -0.39 is 35.8 Å².